The monoisotopic (exact) mass is 229 g/mol. The Bertz CT molecular complexity index is 220. The van der Waals surface area contributed by atoms with Crippen LogP contribution in [0.5, 0.6) is 0 Å². The van der Waals surface area contributed by atoms with Crippen molar-refractivity contribution in [3.8, 4) is 0 Å². The molecule has 4 nitrogen and oxygen atoms in total. The Labute approximate surface area is 97.9 Å². The summed E-state index contributed by atoms with van der Waals surface area (Å²) in [5.74, 6) is 0.249. The molecule has 0 aromatic heterocycles. The van der Waals surface area contributed by atoms with E-state index in [1.54, 1.807) is 7.11 Å². The van der Waals surface area contributed by atoms with Crippen molar-refractivity contribution >= 4 is 5.91 Å². The summed E-state index contributed by atoms with van der Waals surface area (Å²) in [6.07, 6.45) is 2.65. The standard InChI is InChI=1S/C12H23NO3/c1-10-9-16-11(2)8-13(10)12(14)6-4-5-7-15-3/h10-11H,4-9H2,1-3H3/t10-,11-/m0/s1. The van der Waals surface area contributed by atoms with Crippen LogP contribution in [0.2, 0.25) is 0 Å². The van der Waals surface area contributed by atoms with Gasteiger partial charge in [-0.1, -0.05) is 0 Å². The molecular formula is C12H23NO3. The minimum absolute atomic E-state index is 0.166. The minimum Gasteiger partial charge on any atom is -0.385 e. The third kappa shape index (κ3) is 4.10. The van der Waals surface area contributed by atoms with E-state index in [1.807, 2.05) is 18.7 Å². The van der Waals surface area contributed by atoms with Crippen LogP contribution in [0.25, 0.3) is 0 Å². The minimum atomic E-state index is 0.166. The maximum atomic E-state index is 11.9. The summed E-state index contributed by atoms with van der Waals surface area (Å²) in [6.45, 7) is 6.17. The highest BCUT2D eigenvalue weighted by molar-refractivity contribution is 5.76. The number of carbonyl (C=O) groups excluding carboxylic acids is 1. The van der Waals surface area contributed by atoms with E-state index >= 15 is 0 Å². The van der Waals surface area contributed by atoms with Crippen LogP contribution in [0, 0.1) is 0 Å². The van der Waals surface area contributed by atoms with Gasteiger partial charge < -0.3 is 14.4 Å². The van der Waals surface area contributed by atoms with Gasteiger partial charge in [-0.15, -0.1) is 0 Å². The van der Waals surface area contributed by atoms with E-state index in [2.05, 4.69) is 0 Å². The fourth-order valence-electron chi connectivity index (χ4n) is 1.92. The topological polar surface area (TPSA) is 38.8 Å². The number of morpholine rings is 1. The maximum Gasteiger partial charge on any atom is 0.222 e. The van der Waals surface area contributed by atoms with Gasteiger partial charge in [0.15, 0.2) is 0 Å². The number of amides is 1. The molecular weight excluding hydrogens is 206 g/mol. The van der Waals surface area contributed by atoms with Gasteiger partial charge in [-0.3, -0.25) is 4.79 Å². The molecule has 0 bridgehead atoms. The van der Waals surface area contributed by atoms with E-state index in [-0.39, 0.29) is 18.1 Å². The smallest absolute Gasteiger partial charge is 0.222 e. The van der Waals surface area contributed by atoms with Crippen LogP contribution in [0.4, 0.5) is 0 Å². The molecule has 4 heteroatoms. The summed E-state index contributed by atoms with van der Waals surface area (Å²) in [7, 11) is 1.69. The van der Waals surface area contributed by atoms with Crippen LogP contribution in [0.3, 0.4) is 0 Å². The summed E-state index contributed by atoms with van der Waals surface area (Å²) < 4.78 is 10.5. The Morgan fingerprint density at radius 2 is 2.19 bits per heavy atom. The predicted molar refractivity (Wildman–Crippen MR) is 62.3 cm³/mol. The first-order chi connectivity index (χ1) is 7.65. The third-order valence-electron chi connectivity index (χ3n) is 2.92. The number of methoxy groups -OCH3 is 1. The van der Waals surface area contributed by atoms with E-state index in [9.17, 15) is 4.79 Å². The highest BCUT2D eigenvalue weighted by Gasteiger charge is 2.26. The van der Waals surface area contributed by atoms with Crippen molar-refractivity contribution in [2.24, 2.45) is 0 Å². The van der Waals surface area contributed by atoms with Crippen molar-refractivity contribution in [2.75, 3.05) is 26.9 Å². The number of ether oxygens (including phenoxy) is 2. The Morgan fingerprint density at radius 1 is 1.44 bits per heavy atom. The van der Waals surface area contributed by atoms with E-state index in [4.69, 9.17) is 9.47 Å². The average molecular weight is 229 g/mol. The van der Waals surface area contributed by atoms with Crippen molar-refractivity contribution < 1.29 is 14.3 Å². The molecule has 2 atom stereocenters. The van der Waals surface area contributed by atoms with Gasteiger partial charge in [0.05, 0.1) is 18.8 Å². The second-order valence-electron chi connectivity index (χ2n) is 4.49. The summed E-state index contributed by atoms with van der Waals surface area (Å²) >= 11 is 0. The molecule has 1 saturated heterocycles. The first-order valence-corrected chi connectivity index (χ1v) is 6.05. The molecule has 1 aliphatic rings. The number of carbonyl (C=O) groups is 1. The van der Waals surface area contributed by atoms with Crippen LogP contribution >= 0.6 is 0 Å². The molecule has 1 rings (SSSR count). The van der Waals surface area contributed by atoms with Crippen LogP contribution in [0.1, 0.15) is 33.1 Å². The SMILES string of the molecule is COCCCCC(=O)N1C[C@H](C)OC[C@@H]1C. The zero-order valence-corrected chi connectivity index (χ0v) is 10.6. The van der Waals surface area contributed by atoms with E-state index in [0.717, 1.165) is 26.0 Å². The van der Waals surface area contributed by atoms with Crippen molar-refractivity contribution in [3.05, 3.63) is 0 Å². The molecule has 0 unspecified atom stereocenters. The number of rotatable bonds is 5. The summed E-state index contributed by atoms with van der Waals surface area (Å²) in [5.41, 5.74) is 0. The van der Waals surface area contributed by atoms with E-state index < -0.39 is 0 Å². The largest absolute Gasteiger partial charge is 0.385 e. The van der Waals surface area contributed by atoms with Crippen LogP contribution in [-0.4, -0.2) is 49.8 Å². The Kier molecular flexibility index (Phi) is 5.77. The molecule has 0 saturated carbocycles. The van der Waals surface area contributed by atoms with Crippen molar-refractivity contribution in [1.82, 2.24) is 4.90 Å². The second kappa shape index (κ2) is 6.86. The molecule has 16 heavy (non-hydrogen) atoms. The Hall–Kier alpha value is -0.610. The predicted octanol–water partition coefficient (Wildman–Crippen LogP) is 1.44. The average Bonchev–Trinajstić information content (AvgIpc) is 2.27. The number of hydrogen-bond donors (Lipinski definition) is 0. The third-order valence-corrected chi connectivity index (χ3v) is 2.92. The van der Waals surface area contributed by atoms with Crippen molar-refractivity contribution in [3.63, 3.8) is 0 Å². The maximum absolute atomic E-state index is 11.9. The van der Waals surface area contributed by atoms with Gasteiger partial charge in [0.2, 0.25) is 5.91 Å². The first kappa shape index (κ1) is 13.5. The quantitative estimate of drug-likeness (QED) is 0.670. The number of nitrogens with zero attached hydrogens (tertiary/aromatic N) is 1. The molecule has 0 spiro atoms. The molecule has 0 aliphatic carbocycles. The summed E-state index contributed by atoms with van der Waals surface area (Å²) in [4.78, 5) is 13.9. The van der Waals surface area contributed by atoms with Gasteiger partial charge in [0.1, 0.15) is 0 Å². The molecule has 0 aromatic carbocycles. The van der Waals surface area contributed by atoms with Gasteiger partial charge in [0, 0.05) is 26.7 Å². The van der Waals surface area contributed by atoms with Gasteiger partial charge in [-0.2, -0.15) is 0 Å². The van der Waals surface area contributed by atoms with E-state index in [0.29, 0.717) is 13.0 Å². The van der Waals surface area contributed by atoms with Crippen molar-refractivity contribution in [2.45, 2.75) is 45.3 Å². The molecule has 0 radical (unpaired) electrons. The molecule has 1 aliphatic heterocycles. The van der Waals surface area contributed by atoms with Crippen molar-refractivity contribution in [1.29, 1.82) is 0 Å². The fourth-order valence-corrected chi connectivity index (χ4v) is 1.92. The normalized spacial score (nSPS) is 25.8. The lowest BCUT2D eigenvalue weighted by atomic mass is 10.1. The van der Waals surface area contributed by atoms with Crippen LogP contribution in [0.15, 0.2) is 0 Å². The van der Waals surface area contributed by atoms with E-state index in [1.165, 1.54) is 0 Å². The van der Waals surface area contributed by atoms with Gasteiger partial charge in [-0.05, 0) is 26.7 Å². The molecule has 1 heterocycles. The zero-order chi connectivity index (χ0) is 12.0. The summed E-state index contributed by atoms with van der Waals surface area (Å²) in [5, 5.41) is 0. The number of hydrogen-bond acceptors (Lipinski definition) is 3. The lowest BCUT2D eigenvalue weighted by Crippen LogP contribution is -2.50. The van der Waals surface area contributed by atoms with Crippen LogP contribution < -0.4 is 0 Å². The van der Waals surface area contributed by atoms with Crippen LogP contribution in [-0.2, 0) is 14.3 Å². The molecule has 1 amide bonds. The lowest BCUT2D eigenvalue weighted by molar-refractivity contribution is -0.143. The van der Waals surface area contributed by atoms with Gasteiger partial charge in [0.25, 0.3) is 0 Å². The highest BCUT2D eigenvalue weighted by atomic mass is 16.5. The Morgan fingerprint density at radius 3 is 2.88 bits per heavy atom. The molecule has 0 N–H and O–H groups in total. The Balaban J connectivity index is 2.28. The molecule has 1 fully saturated rings. The summed E-state index contributed by atoms with van der Waals surface area (Å²) in [6, 6.07) is 0.214. The molecule has 94 valence electrons. The first-order valence-electron chi connectivity index (χ1n) is 6.05. The highest BCUT2D eigenvalue weighted by Crippen LogP contribution is 2.13. The second-order valence-corrected chi connectivity index (χ2v) is 4.49. The van der Waals surface area contributed by atoms with Gasteiger partial charge >= 0.3 is 0 Å². The fraction of sp³-hybridized carbons (Fsp3) is 0.917. The zero-order valence-electron chi connectivity index (χ0n) is 10.6. The lowest BCUT2D eigenvalue weighted by Gasteiger charge is -2.36. The van der Waals surface area contributed by atoms with Gasteiger partial charge in [-0.25, -0.2) is 0 Å². The molecule has 0 aromatic rings. The number of unbranched alkanes of at least 4 members (excludes halogenated alkanes) is 1.